The fraction of sp³-hybridized carbons (Fsp3) is 0.385. The number of para-hydroxylation sites is 1. The van der Waals surface area contributed by atoms with Crippen molar-refractivity contribution in [2.45, 2.75) is 24.7 Å². The number of nitrogens with zero attached hydrogens (tertiary/aromatic N) is 2. The molecule has 0 aliphatic carbocycles. The van der Waals surface area contributed by atoms with Crippen LogP contribution in [0.4, 0.5) is 16.2 Å². The van der Waals surface area contributed by atoms with Crippen molar-refractivity contribution in [3.05, 3.63) is 60.7 Å². The van der Waals surface area contributed by atoms with Crippen molar-refractivity contribution < 1.29 is 28.9 Å². The molecule has 3 heterocycles. The second-order valence-electron chi connectivity index (χ2n) is 8.88. The Morgan fingerprint density at radius 1 is 0.972 bits per heavy atom. The molecule has 3 aliphatic rings. The second-order valence-corrected chi connectivity index (χ2v) is 8.88. The van der Waals surface area contributed by atoms with Crippen molar-refractivity contribution in [2.75, 3.05) is 49.8 Å². The van der Waals surface area contributed by atoms with E-state index >= 15 is 0 Å². The highest BCUT2D eigenvalue weighted by molar-refractivity contribution is 5.90. The molecule has 3 aliphatic heterocycles. The van der Waals surface area contributed by atoms with Gasteiger partial charge in [0.25, 0.3) is 0 Å². The summed E-state index contributed by atoms with van der Waals surface area (Å²) in [5, 5.41) is 15.4. The molecule has 0 unspecified atom stereocenters. The van der Waals surface area contributed by atoms with Gasteiger partial charge in [-0.25, -0.2) is 4.79 Å². The predicted octanol–water partition coefficient (Wildman–Crippen LogP) is 1.96. The molecule has 10 heteroatoms. The van der Waals surface area contributed by atoms with Gasteiger partial charge in [0.2, 0.25) is 12.7 Å². The van der Waals surface area contributed by atoms with E-state index in [0.29, 0.717) is 30.3 Å². The first-order chi connectivity index (χ1) is 17.6. The van der Waals surface area contributed by atoms with Crippen LogP contribution in [0.25, 0.3) is 0 Å². The number of hydrogen-bond acceptors (Lipinski definition) is 7. The maximum atomic E-state index is 12.9. The monoisotopic (exact) mass is 494 g/mol. The molecule has 3 atom stereocenters. The molecule has 3 N–H and O–H groups in total. The summed E-state index contributed by atoms with van der Waals surface area (Å²) in [7, 11) is 0. The molecule has 0 saturated carbocycles. The third kappa shape index (κ3) is 5.55. The Morgan fingerprint density at radius 2 is 1.75 bits per heavy atom. The van der Waals surface area contributed by atoms with Crippen LogP contribution < -0.4 is 25.0 Å². The lowest BCUT2D eigenvalue weighted by molar-refractivity contribution is -0.135. The van der Waals surface area contributed by atoms with Crippen LogP contribution in [0.2, 0.25) is 0 Å². The molecule has 0 bridgehead atoms. The lowest BCUT2D eigenvalue weighted by Gasteiger charge is -2.37. The van der Waals surface area contributed by atoms with E-state index in [-0.39, 0.29) is 25.7 Å². The molecule has 3 amide bonds. The lowest BCUT2D eigenvalue weighted by atomic mass is 10.0. The minimum atomic E-state index is -0.662. The van der Waals surface area contributed by atoms with Crippen LogP contribution in [0.1, 0.15) is 6.42 Å². The standard InChI is InChI=1S/C26H30N4O6/c31-16-24-21(28-26(33)27-18-6-9-22-23(14-18)35-17-34-22)8-7-20(36-24)15-25(32)30-12-10-29(11-13-30)19-4-2-1-3-5-19/h1-9,14,20-21,24,31H,10-13,15-17H2,(H2,27,28,33)/t20-,21+,24+/m1/s1. The third-order valence-electron chi connectivity index (χ3n) is 6.52. The maximum Gasteiger partial charge on any atom is 0.319 e. The molecule has 0 spiro atoms. The number of carbonyl (C=O) groups is 2. The van der Waals surface area contributed by atoms with Gasteiger partial charge in [-0.15, -0.1) is 0 Å². The highest BCUT2D eigenvalue weighted by atomic mass is 16.7. The summed E-state index contributed by atoms with van der Waals surface area (Å²) >= 11 is 0. The molecule has 36 heavy (non-hydrogen) atoms. The average molecular weight is 495 g/mol. The number of fused-ring (bicyclic) bond motifs is 1. The summed E-state index contributed by atoms with van der Waals surface area (Å²) in [5.74, 6) is 1.21. The van der Waals surface area contributed by atoms with Crippen molar-refractivity contribution in [2.24, 2.45) is 0 Å². The van der Waals surface area contributed by atoms with Crippen LogP contribution in [-0.4, -0.2) is 79.8 Å². The number of amides is 3. The van der Waals surface area contributed by atoms with Gasteiger partial charge in [-0.1, -0.05) is 30.4 Å². The van der Waals surface area contributed by atoms with Crippen LogP contribution in [0.3, 0.4) is 0 Å². The highest BCUT2D eigenvalue weighted by Gasteiger charge is 2.31. The van der Waals surface area contributed by atoms with Gasteiger partial charge in [0.15, 0.2) is 11.5 Å². The van der Waals surface area contributed by atoms with Gasteiger partial charge in [-0.05, 0) is 24.3 Å². The predicted molar refractivity (Wildman–Crippen MR) is 133 cm³/mol. The Labute approximate surface area is 209 Å². The molecule has 2 aromatic rings. The number of aliphatic hydroxyl groups is 1. The van der Waals surface area contributed by atoms with Crippen LogP contribution >= 0.6 is 0 Å². The number of carbonyl (C=O) groups excluding carboxylic acids is 2. The zero-order valence-corrected chi connectivity index (χ0v) is 19.8. The normalized spacial score (nSPS) is 22.9. The number of benzene rings is 2. The summed E-state index contributed by atoms with van der Waals surface area (Å²) in [6.45, 7) is 2.72. The van der Waals surface area contributed by atoms with E-state index < -0.39 is 24.3 Å². The van der Waals surface area contributed by atoms with Gasteiger partial charge in [0, 0.05) is 43.6 Å². The number of anilines is 2. The summed E-state index contributed by atoms with van der Waals surface area (Å²) in [6.07, 6.45) is 2.61. The van der Waals surface area contributed by atoms with E-state index in [1.54, 1.807) is 30.4 Å². The van der Waals surface area contributed by atoms with E-state index in [1.807, 2.05) is 23.1 Å². The van der Waals surface area contributed by atoms with E-state index in [9.17, 15) is 14.7 Å². The Kier molecular flexibility index (Phi) is 7.24. The van der Waals surface area contributed by atoms with Crippen molar-refractivity contribution in [1.82, 2.24) is 10.2 Å². The topological polar surface area (TPSA) is 113 Å². The largest absolute Gasteiger partial charge is 0.454 e. The fourth-order valence-electron chi connectivity index (χ4n) is 4.58. The van der Waals surface area contributed by atoms with Crippen LogP contribution in [0.5, 0.6) is 11.5 Å². The van der Waals surface area contributed by atoms with E-state index in [4.69, 9.17) is 14.2 Å². The quantitative estimate of drug-likeness (QED) is 0.527. The first kappa shape index (κ1) is 24.0. The van der Waals surface area contributed by atoms with Crippen molar-refractivity contribution >= 4 is 23.3 Å². The molecule has 5 rings (SSSR count). The van der Waals surface area contributed by atoms with Gasteiger partial charge in [-0.2, -0.15) is 0 Å². The highest BCUT2D eigenvalue weighted by Crippen LogP contribution is 2.34. The fourth-order valence-corrected chi connectivity index (χ4v) is 4.58. The van der Waals surface area contributed by atoms with Crippen LogP contribution in [0, 0.1) is 0 Å². The van der Waals surface area contributed by atoms with Crippen molar-refractivity contribution in [3.63, 3.8) is 0 Å². The van der Waals surface area contributed by atoms with Gasteiger partial charge >= 0.3 is 6.03 Å². The first-order valence-corrected chi connectivity index (χ1v) is 12.1. The number of ether oxygens (including phenoxy) is 3. The van der Waals surface area contributed by atoms with E-state index in [1.165, 1.54) is 0 Å². The molecule has 0 radical (unpaired) electrons. The number of piperazine rings is 1. The van der Waals surface area contributed by atoms with E-state index in [2.05, 4.69) is 27.7 Å². The molecule has 1 fully saturated rings. The molecule has 1 saturated heterocycles. The van der Waals surface area contributed by atoms with Gasteiger partial charge in [-0.3, -0.25) is 4.79 Å². The summed E-state index contributed by atoms with van der Waals surface area (Å²) in [6, 6.07) is 14.3. The second kappa shape index (κ2) is 10.9. The molecule has 10 nitrogen and oxygen atoms in total. The maximum absolute atomic E-state index is 12.9. The summed E-state index contributed by atoms with van der Waals surface area (Å²) < 4.78 is 16.5. The molecule has 2 aromatic carbocycles. The Morgan fingerprint density at radius 3 is 2.53 bits per heavy atom. The average Bonchev–Trinajstić information content (AvgIpc) is 3.38. The van der Waals surface area contributed by atoms with Crippen LogP contribution in [0.15, 0.2) is 60.7 Å². The molecular formula is C26H30N4O6. The molecule has 0 aromatic heterocycles. The SMILES string of the molecule is O=C(Nc1ccc2c(c1)OCO2)N[C@H]1C=C[C@H](CC(=O)N2CCN(c3ccccc3)CC2)O[C@H]1CO. The summed E-state index contributed by atoms with van der Waals surface area (Å²) in [5.41, 5.74) is 1.71. The number of aliphatic hydroxyl groups excluding tert-OH is 1. The lowest BCUT2D eigenvalue weighted by Crippen LogP contribution is -2.51. The van der Waals surface area contributed by atoms with Gasteiger partial charge in [0.1, 0.15) is 6.10 Å². The Balaban J connectivity index is 1.11. The minimum absolute atomic E-state index is 0.0148. The van der Waals surface area contributed by atoms with Crippen molar-refractivity contribution in [3.8, 4) is 11.5 Å². The number of urea groups is 1. The summed E-state index contributed by atoms with van der Waals surface area (Å²) in [4.78, 5) is 29.5. The van der Waals surface area contributed by atoms with Crippen molar-refractivity contribution in [1.29, 1.82) is 0 Å². The van der Waals surface area contributed by atoms with Gasteiger partial charge < -0.3 is 39.8 Å². The smallest absolute Gasteiger partial charge is 0.319 e. The van der Waals surface area contributed by atoms with Gasteiger partial charge in [0.05, 0.1) is 25.2 Å². The Hall–Kier alpha value is -3.76. The molecular weight excluding hydrogens is 464 g/mol. The number of nitrogens with one attached hydrogen (secondary N) is 2. The Bertz CT molecular complexity index is 1100. The first-order valence-electron chi connectivity index (χ1n) is 12.1. The third-order valence-corrected chi connectivity index (χ3v) is 6.52. The van der Waals surface area contributed by atoms with E-state index in [0.717, 1.165) is 18.8 Å². The zero-order valence-electron chi connectivity index (χ0n) is 19.8. The molecule has 190 valence electrons. The number of hydrogen-bond donors (Lipinski definition) is 3. The zero-order chi connectivity index (χ0) is 24.9. The van der Waals surface area contributed by atoms with Crippen LogP contribution in [-0.2, 0) is 9.53 Å². The minimum Gasteiger partial charge on any atom is -0.454 e. The number of rotatable bonds is 6.